The molecule has 19 heavy (non-hydrogen) atoms. The topological polar surface area (TPSA) is 103 Å². The summed E-state index contributed by atoms with van der Waals surface area (Å²) in [4.78, 5) is 11.1. The highest BCUT2D eigenvalue weighted by Gasteiger charge is 2.13. The normalized spacial score (nSPS) is 11.4. The maximum absolute atomic E-state index is 12.8. The third-order valence-electron chi connectivity index (χ3n) is 2.28. The summed E-state index contributed by atoms with van der Waals surface area (Å²) >= 11 is 1.23. The highest BCUT2D eigenvalue weighted by atomic mass is 32.2. The van der Waals surface area contributed by atoms with Crippen molar-refractivity contribution in [1.29, 1.82) is 0 Å². The number of anilines is 1. The van der Waals surface area contributed by atoms with Crippen LogP contribution in [0.25, 0.3) is 0 Å². The van der Waals surface area contributed by atoms with E-state index < -0.39 is 21.6 Å². The molecule has 0 saturated carbocycles. The molecule has 0 aliphatic rings. The van der Waals surface area contributed by atoms with Gasteiger partial charge >= 0.3 is 0 Å². The summed E-state index contributed by atoms with van der Waals surface area (Å²) < 4.78 is 35.9. The molecule has 0 aromatic heterocycles. The monoisotopic (exact) mass is 306 g/mol. The van der Waals surface area contributed by atoms with E-state index in [1.807, 2.05) is 0 Å². The molecule has 1 aromatic carbocycles. The summed E-state index contributed by atoms with van der Waals surface area (Å²) in [7, 11) is -3.30. The van der Waals surface area contributed by atoms with Gasteiger partial charge in [-0.3, -0.25) is 4.79 Å². The second-order valence-corrected chi connectivity index (χ2v) is 7.34. The molecule has 4 N–H and O–H groups in total. The van der Waals surface area contributed by atoms with Gasteiger partial charge in [0.1, 0.15) is 5.82 Å². The van der Waals surface area contributed by atoms with Crippen molar-refractivity contribution in [3.05, 3.63) is 24.0 Å². The summed E-state index contributed by atoms with van der Waals surface area (Å²) in [6.07, 6.45) is -0.175. The summed E-state index contributed by atoms with van der Waals surface area (Å²) in [5.41, 5.74) is 10.8. The molecule has 0 heterocycles. The Kier molecular flexibility index (Phi) is 5.61. The lowest BCUT2D eigenvalue weighted by molar-refractivity contribution is -0.117. The van der Waals surface area contributed by atoms with Gasteiger partial charge in [0, 0.05) is 22.8 Å². The van der Waals surface area contributed by atoms with Gasteiger partial charge in [-0.05, 0) is 18.2 Å². The maximum Gasteiger partial charge on any atom is 0.218 e. The van der Waals surface area contributed by atoms with Crippen molar-refractivity contribution in [2.24, 2.45) is 5.73 Å². The molecule has 0 fully saturated rings. The largest absolute Gasteiger partial charge is 0.398 e. The van der Waals surface area contributed by atoms with Gasteiger partial charge in [-0.15, -0.1) is 11.8 Å². The van der Waals surface area contributed by atoms with Crippen LogP contribution in [0.3, 0.4) is 0 Å². The van der Waals surface area contributed by atoms with Crippen LogP contribution in [0.2, 0.25) is 0 Å². The van der Waals surface area contributed by atoms with Gasteiger partial charge in [-0.1, -0.05) is 0 Å². The molecular formula is C11H15FN2O3S2. The fraction of sp³-hybridized carbons (Fsp3) is 0.364. The summed E-state index contributed by atoms with van der Waals surface area (Å²) in [6.45, 7) is 0. The molecule has 106 valence electrons. The third-order valence-corrected chi connectivity index (χ3v) is 5.28. The molecule has 0 saturated heterocycles. The third kappa shape index (κ3) is 5.93. The number of carbonyl (C=O) groups excluding carboxylic acids is 1. The lowest BCUT2D eigenvalue weighted by Crippen LogP contribution is -2.19. The lowest BCUT2D eigenvalue weighted by Gasteiger charge is -2.06. The van der Waals surface area contributed by atoms with Gasteiger partial charge in [0.25, 0.3) is 0 Å². The van der Waals surface area contributed by atoms with E-state index in [0.717, 1.165) is 0 Å². The Hall–Kier alpha value is -1.28. The minimum absolute atomic E-state index is 0.0816. The van der Waals surface area contributed by atoms with E-state index in [0.29, 0.717) is 4.90 Å². The fourth-order valence-electron chi connectivity index (χ4n) is 1.29. The van der Waals surface area contributed by atoms with Crippen LogP contribution in [0.4, 0.5) is 10.1 Å². The first-order valence-electron chi connectivity index (χ1n) is 5.47. The number of thioether (sulfide) groups is 1. The summed E-state index contributed by atoms with van der Waals surface area (Å²) in [6, 6.07) is 3.95. The van der Waals surface area contributed by atoms with Gasteiger partial charge in [0.2, 0.25) is 5.91 Å². The van der Waals surface area contributed by atoms with E-state index in [1.165, 1.54) is 30.0 Å². The predicted molar refractivity (Wildman–Crippen MR) is 74.0 cm³/mol. The quantitative estimate of drug-likeness (QED) is 0.572. The van der Waals surface area contributed by atoms with Gasteiger partial charge in [-0.2, -0.15) is 0 Å². The van der Waals surface area contributed by atoms with Crippen molar-refractivity contribution >= 4 is 33.2 Å². The first-order chi connectivity index (χ1) is 8.80. The molecule has 0 spiro atoms. The molecule has 0 atom stereocenters. The van der Waals surface area contributed by atoms with Crippen LogP contribution < -0.4 is 11.5 Å². The molecule has 0 aliphatic carbocycles. The highest BCUT2D eigenvalue weighted by Crippen LogP contribution is 2.25. The van der Waals surface area contributed by atoms with Gasteiger partial charge in [-0.25, -0.2) is 12.8 Å². The first-order valence-corrected chi connectivity index (χ1v) is 8.27. The molecule has 0 aliphatic heterocycles. The van der Waals surface area contributed by atoms with Crippen molar-refractivity contribution in [3.8, 4) is 0 Å². The molecule has 0 unspecified atom stereocenters. The minimum Gasteiger partial charge on any atom is -0.398 e. The molecule has 0 bridgehead atoms. The first kappa shape index (κ1) is 15.8. The standard InChI is InChI=1S/C11H15FN2O3S2/c12-8-1-2-10(9(13)7-8)18-4-6-19(16,17)5-3-11(14)15/h1-2,7H,3-6,13H2,(H2,14,15). The number of benzene rings is 1. The van der Waals surface area contributed by atoms with Crippen LogP contribution in [-0.2, 0) is 14.6 Å². The molecule has 0 radical (unpaired) electrons. The smallest absolute Gasteiger partial charge is 0.218 e. The zero-order valence-corrected chi connectivity index (χ0v) is 11.8. The second kappa shape index (κ2) is 6.76. The fourth-order valence-corrected chi connectivity index (χ4v) is 3.96. The number of primary amides is 1. The lowest BCUT2D eigenvalue weighted by atomic mass is 10.3. The van der Waals surface area contributed by atoms with Gasteiger partial charge in [0.15, 0.2) is 9.84 Å². The van der Waals surface area contributed by atoms with Crippen molar-refractivity contribution in [2.75, 3.05) is 23.0 Å². The van der Waals surface area contributed by atoms with Crippen molar-refractivity contribution in [1.82, 2.24) is 0 Å². The molecular weight excluding hydrogens is 291 g/mol. The molecule has 1 rings (SSSR count). The number of amides is 1. The van der Waals surface area contributed by atoms with Crippen molar-refractivity contribution in [3.63, 3.8) is 0 Å². The van der Waals surface area contributed by atoms with E-state index in [1.54, 1.807) is 0 Å². The molecule has 8 heteroatoms. The van der Waals surface area contributed by atoms with Crippen LogP contribution in [0.5, 0.6) is 0 Å². The predicted octanol–water partition coefficient (Wildman–Crippen LogP) is 0.790. The SMILES string of the molecule is NC(=O)CCS(=O)(=O)CCSc1ccc(F)cc1N. The Labute approximate surface area is 115 Å². The maximum atomic E-state index is 12.8. The number of sulfone groups is 1. The van der Waals surface area contributed by atoms with Crippen LogP contribution in [0.1, 0.15) is 6.42 Å². The molecule has 1 amide bonds. The van der Waals surface area contributed by atoms with E-state index in [9.17, 15) is 17.6 Å². The van der Waals surface area contributed by atoms with Crippen LogP contribution in [-0.4, -0.2) is 31.6 Å². The van der Waals surface area contributed by atoms with E-state index in [4.69, 9.17) is 11.5 Å². The Morgan fingerprint density at radius 1 is 1.32 bits per heavy atom. The zero-order valence-electron chi connectivity index (χ0n) is 10.1. The van der Waals surface area contributed by atoms with Crippen molar-refractivity contribution < 1.29 is 17.6 Å². The number of halogens is 1. The minimum atomic E-state index is -3.30. The Bertz CT molecular complexity index is 561. The number of nitrogen functional groups attached to an aromatic ring is 1. The Morgan fingerprint density at radius 2 is 2.00 bits per heavy atom. The average Bonchev–Trinajstić information content (AvgIpc) is 2.29. The zero-order chi connectivity index (χ0) is 14.5. The van der Waals surface area contributed by atoms with Gasteiger partial charge < -0.3 is 11.5 Å². The second-order valence-electron chi connectivity index (χ2n) is 3.90. The number of carbonyl (C=O) groups is 1. The summed E-state index contributed by atoms with van der Waals surface area (Å²) in [5, 5.41) is 0. The van der Waals surface area contributed by atoms with Crippen LogP contribution in [0.15, 0.2) is 23.1 Å². The Morgan fingerprint density at radius 3 is 2.58 bits per heavy atom. The number of nitrogens with two attached hydrogens (primary N) is 2. The van der Waals surface area contributed by atoms with Crippen molar-refractivity contribution in [2.45, 2.75) is 11.3 Å². The van der Waals surface area contributed by atoms with Gasteiger partial charge in [0.05, 0.1) is 11.5 Å². The van der Waals surface area contributed by atoms with E-state index >= 15 is 0 Å². The number of rotatable bonds is 7. The Balaban J connectivity index is 2.47. The molecule has 1 aromatic rings. The summed E-state index contributed by atoms with van der Waals surface area (Å²) in [5.74, 6) is -1.12. The van der Waals surface area contributed by atoms with E-state index in [2.05, 4.69) is 0 Å². The highest BCUT2D eigenvalue weighted by molar-refractivity contribution is 8.00. The van der Waals surface area contributed by atoms with Crippen LogP contribution >= 0.6 is 11.8 Å². The molecule has 5 nitrogen and oxygen atoms in total. The van der Waals surface area contributed by atoms with E-state index in [-0.39, 0.29) is 29.4 Å². The number of hydrogen-bond donors (Lipinski definition) is 2. The number of hydrogen-bond acceptors (Lipinski definition) is 5. The average molecular weight is 306 g/mol. The van der Waals surface area contributed by atoms with Crippen LogP contribution in [0, 0.1) is 5.82 Å².